The molecule has 13 heavy (non-hydrogen) atoms. The van der Waals surface area contributed by atoms with E-state index in [9.17, 15) is 0 Å². The Kier molecular flexibility index (Phi) is 1.47. The molecule has 1 fully saturated rings. The van der Waals surface area contributed by atoms with Crippen LogP contribution < -0.4 is 5.32 Å². The highest BCUT2D eigenvalue weighted by molar-refractivity contribution is 8.03. The second-order valence-electron chi connectivity index (χ2n) is 3.60. The van der Waals surface area contributed by atoms with Crippen LogP contribution >= 0.6 is 11.8 Å². The standard InChI is InChI=1S/C11H11NS/c1-7-12-11-9-5-3-2-4-8(9)6-10(11)13-7/h2-5,10-12H,1,6H2. The molecular formula is C11H11NS. The Labute approximate surface area is 82.2 Å². The van der Waals surface area contributed by atoms with E-state index in [2.05, 4.69) is 36.2 Å². The summed E-state index contributed by atoms with van der Waals surface area (Å²) in [5.74, 6) is 0. The molecule has 1 aliphatic heterocycles. The Morgan fingerprint density at radius 2 is 2.23 bits per heavy atom. The van der Waals surface area contributed by atoms with Crippen LogP contribution in [0, 0.1) is 0 Å². The fraction of sp³-hybridized carbons (Fsp3) is 0.273. The van der Waals surface area contributed by atoms with Gasteiger partial charge in [-0.05, 0) is 17.5 Å². The molecule has 0 saturated carbocycles. The van der Waals surface area contributed by atoms with Crippen molar-refractivity contribution < 1.29 is 0 Å². The first kappa shape index (κ1) is 7.51. The van der Waals surface area contributed by atoms with E-state index in [0.29, 0.717) is 11.3 Å². The fourth-order valence-corrected chi connectivity index (χ4v) is 3.40. The molecule has 0 bridgehead atoms. The molecule has 2 atom stereocenters. The number of hydrogen-bond donors (Lipinski definition) is 1. The Morgan fingerprint density at radius 3 is 3.15 bits per heavy atom. The van der Waals surface area contributed by atoms with Gasteiger partial charge in [-0.3, -0.25) is 0 Å². The zero-order chi connectivity index (χ0) is 8.84. The Balaban J connectivity index is 2.06. The highest BCUT2D eigenvalue weighted by atomic mass is 32.2. The second-order valence-corrected chi connectivity index (χ2v) is 4.94. The maximum atomic E-state index is 3.96. The fourth-order valence-electron chi connectivity index (χ4n) is 2.23. The first-order valence-corrected chi connectivity index (χ1v) is 5.42. The normalized spacial score (nSPS) is 29.7. The van der Waals surface area contributed by atoms with Gasteiger partial charge in [-0.1, -0.05) is 30.8 Å². The Hall–Kier alpha value is -0.890. The van der Waals surface area contributed by atoms with Gasteiger partial charge in [-0.2, -0.15) is 0 Å². The average molecular weight is 189 g/mol. The predicted molar refractivity (Wildman–Crippen MR) is 56.5 cm³/mol. The van der Waals surface area contributed by atoms with E-state index in [1.807, 2.05) is 11.8 Å². The minimum Gasteiger partial charge on any atom is -0.372 e. The first-order chi connectivity index (χ1) is 6.34. The minimum atomic E-state index is 0.522. The van der Waals surface area contributed by atoms with Crippen molar-refractivity contribution in [1.29, 1.82) is 0 Å². The lowest BCUT2D eigenvalue weighted by atomic mass is 10.1. The summed E-state index contributed by atoms with van der Waals surface area (Å²) in [5.41, 5.74) is 2.98. The molecule has 2 aliphatic rings. The van der Waals surface area contributed by atoms with E-state index in [1.165, 1.54) is 17.5 Å². The van der Waals surface area contributed by atoms with Crippen LogP contribution in [-0.2, 0) is 6.42 Å². The summed E-state index contributed by atoms with van der Waals surface area (Å²) in [6.45, 7) is 3.96. The molecule has 1 nitrogen and oxygen atoms in total. The van der Waals surface area contributed by atoms with Crippen LogP contribution in [0.15, 0.2) is 35.9 Å². The van der Waals surface area contributed by atoms with Crippen molar-refractivity contribution >= 4 is 11.8 Å². The van der Waals surface area contributed by atoms with E-state index in [0.717, 1.165) is 5.03 Å². The molecule has 0 amide bonds. The largest absolute Gasteiger partial charge is 0.372 e. The van der Waals surface area contributed by atoms with Gasteiger partial charge in [0, 0.05) is 5.25 Å². The smallest absolute Gasteiger partial charge is 0.0647 e. The molecule has 1 heterocycles. The third kappa shape index (κ3) is 1.02. The van der Waals surface area contributed by atoms with Gasteiger partial charge in [-0.15, -0.1) is 11.8 Å². The third-order valence-electron chi connectivity index (χ3n) is 2.79. The van der Waals surface area contributed by atoms with Crippen molar-refractivity contribution in [2.24, 2.45) is 0 Å². The molecule has 1 aromatic rings. The zero-order valence-electron chi connectivity index (χ0n) is 7.29. The Morgan fingerprint density at radius 1 is 1.38 bits per heavy atom. The van der Waals surface area contributed by atoms with Gasteiger partial charge in [-0.25, -0.2) is 0 Å². The average Bonchev–Trinajstić information content (AvgIpc) is 2.60. The molecule has 1 aromatic carbocycles. The lowest BCUT2D eigenvalue weighted by molar-refractivity contribution is 0.653. The van der Waals surface area contributed by atoms with Crippen LogP contribution in [0.2, 0.25) is 0 Å². The van der Waals surface area contributed by atoms with Crippen molar-refractivity contribution in [3.05, 3.63) is 47.0 Å². The summed E-state index contributed by atoms with van der Waals surface area (Å²) in [6, 6.07) is 9.23. The summed E-state index contributed by atoms with van der Waals surface area (Å²) >= 11 is 1.89. The number of rotatable bonds is 0. The summed E-state index contributed by atoms with van der Waals surface area (Å²) in [6.07, 6.45) is 1.19. The van der Waals surface area contributed by atoms with E-state index < -0.39 is 0 Å². The molecule has 0 aromatic heterocycles. The highest BCUT2D eigenvalue weighted by Crippen LogP contribution is 2.45. The SMILES string of the molecule is C=C1NC2c3ccccc3CC2S1. The minimum absolute atomic E-state index is 0.522. The van der Waals surface area contributed by atoms with Crippen LogP contribution in [0.1, 0.15) is 17.2 Å². The first-order valence-electron chi connectivity index (χ1n) is 4.54. The Bertz CT molecular complexity index is 372. The molecule has 1 N–H and O–H groups in total. The van der Waals surface area contributed by atoms with Gasteiger partial charge in [0.1, 0.15) is 0 Å². The van der Waals surface area contributed by atoms with Crippen molar-refractivity contribution in [2.45, 2.75) is 17.7 Å². The van der Waals surface area contributed by atoms with Crippen LogP contribution in [0.5, 0.6) is 0 Å². The van der Waals surface area contributed by atoms with E-state index in [1.54, 1.807) is 0 Å². The molecule has 1 aliphatic carbocycles. The number of hydrogen-bond acceptors (Lipinski definition) is 2. The summed E-state index contributed by atoms with van der Waals surface area (Å²) in [7, 11) is 0. The molecule has 0 spiro atoms. The second kappa shape index (κ2) is 2.55. The molecular weight excluding hydrogens is 178 g/mol. The summed E-state index contributed by atoms with van der Waals surface area (Å²) < 4.78 is 0. The van der Waals surface area contributed by atoms with Crippen molar-refractivity contribution in [1.82, 2.24) is 5.32 Å². The lowest BCUT2D eigenvalue weighted by Gasteiger charge is -2.08. The third-order valence-corrected chi connectivity index (χ3v) is 3.94. The number of thioether (sulfide) groups is 1. The van der Waals surface area contributed by atoms with Gasteiger partial charge in [0.25, 0.3) is 0 Å². The quantitative estimate of drug-likeness (QED) is 0.673. The summed E-state index contributed by atoms with van der Waals surface area (Å²) in [4.78, 5) is 0. The predicted octanol–water partition coefficient (Wildman–Crippen LogP) is 2.46. The van der Waals surface area contributed by atoms with E-state index >= 15 is 0 Å². The molecule has 0 radical (unpaired) electrons. The molecule has 2 unspecified atom stereocenters. The van der Waals surface area contributed by atoms with Crippen LogP contribution in [-0.4, -0.2) is 5.25 Å². The zero-order valence-corrected chi connectivity index (χ0v) is 8.10. The van der Waals surface area contributed by atoms with Crippen LogP contribution in [0.3, 0.4) is 0 Å². The van der Waals surface area contributed by atoms with Gasteiger partial charge in [0.2, 0.25) is 0 Å². The summed E-state index contributed by atoms with van der Waals surface area (Å²) in [5, 5.41) is 5.25. The molecule has 3 rings (SSSR count). The van der Waals surface area contributed by atoms with Crippen molar-refractivity contribution in [3.8, 4) is 0 Å². The van der Waals surface area contributed by atoms with Gasteiger partial charge >= 0.3 is 0 Å². The maximum Gasteiger partial charge on any atom is 0.0647 e. The number of nitrogens with one attached hydrogen (secondary N) is 1. The topological polar surface area (TPSA) is 12.0 Å². The maximum absolute atomic E-state index is 3.96. The monoisotopic (exact) mass is 189 g/mol. The van der Waals surface area contributed by atoms with Gasteiger partial charge in [0.15, 0.2) is 0 Å². The van der Waals surface area contributed by atoms with E-state index in [4.69, 9.17) is 0 Å². The van der Waals surface area contributed by atoms with Gasteiger partial charge < -0.3 is 5.32 Å². The number of fused-ring (bicyclic) bond motifs is 3. The molecule has 2 heteroatoms. The van der Waals surface area contributed by atoms with Crippen LogP contribution in [0.4, 0.5) is 0 Å². The molecule has 66 valence electrons. The van der Waals surface area contributed by atoms with Gasteiger partial charge in [0.05, 0.1) is 11.1 Å². The van der Waals surface area contributed by atoms with Crippen molar-refractivity contribution in [2.75, 3.05) is 0 Å². The lowest BCUT2D eigenvalue weighted by Crippen LogP contribution is -2.15. The molecule has 1 saturated heterocycles. The van der Waals surface area contributed by atoms with Crippen LogP contribution in [0.25, 0.3) is 0 Å². The van der Waals surface area contributed by atoms with Crippen molar-refractivity contribution in [3.63, 3.8) is 0 Å². The number of benzene rings is 1. The van der Waals surface area contributed by atoms with E-state index in [-0.39, 0.29) is 0 Å². The highest BCUT2D eigenvalue weighted by Gasteiger charge is 2.37.